The van der Waals surface area contributed by atoms with Crippen molar-refractivity contribution < 1.29 is 19.5 Å². The number of anilines is 1. The number of hydrogen-bond donors (Lipinski definition) is 1. The number of aliphatic carboxylic acids is 1. The molecule has 0 spiro atoms. The van der Waals surface area contributed by atoms with Gasteiger partial charge in [-0.15, -0.1) is 11.8 Å². The summed E-state index contributed by atoms with van der Waals surface area (Å²) in [6.45, 7) is -0.508. The second-order valence-corrected chi connectivity index (χ2v) is 5.23. The number of amides is 2. The molecule has 106 valence electrons. The van der Waals surface area contributed by atoms with E-state index in [0.717, 1.165) is 0 Å². The first-order chi connectivity index (χ1) is 9.58. The van der Waals surface area contributed by atoms with Gasteiger partial charge in [0.25, 0.3) is 0 Å². The highest BCUT2D eigenvalue weighted by atomic mass is 32.2. The number of benzene rings is 1. The van der Waals surface area contributed by atoms with Crippen molar-refractivity contribution in [2.75, 3.05) is 29.6 Å². The molecular formula is C13H14N2O4S. The number of thioether (sulfide) groups is 1. The Morgan fingerprint density at radius 1 is 1.30 bits per heavy atom. The second-order valence-electron chi connectivity index (χ2n) is 4.28. The minimum atomic E-state index is -1.09. The maximum atomic E-state index is 12.2. The molecule has 6 nitrogen and oxygen atoms in total. The molecule has 1 aliphatic heterocycles. The summed E-state index contributed by atoms with van der Waals surface area (Å²) in [5.74, 6) is -0.733. The highest BCUT2D eigenvalue weighted by Crippen LogP contribution is 2.17. The van der Waals surface area contributed by atoms with Crippen LogP contribution in [0.25, 0.3) is 0 Å². The van der Waals surface area contributed by atoms with E-state index in [4.69, 9.17) is 5.11 Å². The van der Waals surface area contributed by atoms with Gasteiger partial charge in [0.05, 0.1) is 11.6 Å². The Morgan fingerprint density at radius 3 is 2.55 bits per heavy atom. The number of carboxylic acids is 1. The van der Waals surface area contributed by atoms with Crippen LogP contribution >= 0.6 is 11.8 Å². The van der Waals surface area contributed by atoms with Crippen LogP contribution in [0.1, 0.15) is 0 Å². The summed E-state index contributed by atoms with van der Waals surface area (Å²) >= 11 is 1.44. The minimum absolute atomic E-state index is 0.0893. The van der Waals surface area contributed by atoms with Crippen LogP contribution < -0.4 is 4.90 Å². The normalized spacial score (nSPS) is 14.4. The number of carbonyl (C=O) groups is 3. The van der Waals surface area contributed by atoms with Crippen molar-refractivity contribution in [3.8, 4) is 0 Å². The lowest BCUT2D eigenvalue weighted by atomic mass is 10.2. The van der Waals surface area contributed by atoms with Gasteiger partial charge in [0.1, 0.15) is 13.1 Å². The summed E-state index contributed by atoms with van der Waals surface area (Å²) in [4.78, 5) is 37.3. The lowest BCUT2D eigenvalue weighted by Gasteiger charge is -2.23. The Labute approximate surface area is 120 Å². The van der Waals surface area contributed by atoms with Crippen molar-refractivity contribution in [1.29, 1.82) is 0 Å². The van der Waals surface area contributed by atoms with Crippen LogP contribution in [0.2, 0.25) is 0 Å². The van der Waals surface area contributed by atoms with Crippen LogP contribution in [0, 0.1) is 0 Å². The van der Waals surface area contributed by atoms with Crippen molar-refractivity contribution in [2.24, 2.45) is 0 Å². The number of nitrogens with zero attached hydrogens (tertiary/aromatic N) is 2. The number of para-hydroxylation sites is 1. The molecule has 7 heteroatoms. The number of hydrogen-bond acceptors (Lipinski definition) is 4. The molecule has 1 heterocycles. The maximum Gasteiger partial charge on any atom is 0.323 e. The smallest absolute Gasteiger partial charge is 0.323 e. The topological polar surface area (TPSA) is 77.9 Å². The van der Waals surface area contributed by atoms with Crippen LogP contribution in [-0.2, 0) is 14.4 Å². The molecule has 0 aromatic heterocycles. The molecule has 2 rings (SSSR count). The third-order valence-corrected chi connectivity index (χ3v) is 3.76. The lowest BCUT2D eigenvalue weighted by molar-refractivity contribution is -0.137. The summed E-state index contributed by atoms with van der Waals surface area (Å²) in [7, 11) is 0. The van der Waals surface area contributed by atoms with E-state index >= 15 is 0 Å². The molecule has 0 unspecified atom stereocenters. The first kappa shape index (κ1) is 14.4. The minimum Gasteiger partial charge on any atom is -0.480 e. The predicted octanol–water partition coefficient (Wildman–Crippen LogP) is 0.637. The zero-order valence-electron chi connectivity index (χ0n) is 10.7. The molecule has 1 saturated heterocycles. The molecule has 0 bridgehead atoms. The molecule has 1 aliphatic rings. The Morgan fingerprint density at radius 2 is 2.00 bits per heavy atom. The molecular weight excluding hydrogens is 280 g/mol. The molecule has 1 N–H and O–H groups in total. The summed E-state index contributed by atoms with van der Waals surface area (Å²) < 4.78 is 0. The molecule has 1 aromatic rings. The van der Waals surface area contributed by atoms with Crippen LogP contribution in [0.5, 0.6) is 0 Å². The Kier molecular flexibility index (Phi) is 4.62. The molecule has 1 aromatic carbocycles. The molecule has 1 fully saturated rings. The van der Waals surface area contributed by atoms with E-state index in [0.29, 0.717) is 17.3 Å². The first-order valence-corrected chi connectivity index (χ1v) is 7.16. The molecule has 2 amide bonds. The van der Waals surface area contributed by atoms with E-state index in [9.17, 15) is 14.4 Å². The van der Waals surface area contributed by atoms with E-state index < -0.39 is 18.4 Å². The van der Waals surface area contributed by atoms with Crippen LogP contribution in [0.15, 0.2) is 30.3 Å². The zero-order valence-corrected chi connectivity index (χ0v) is 11.5. The van der Waals surface area contributed by atoms with Gasteiger partial charge in [-0.05, 0) is 12.1 Å². The highest BCUT2D eigenvalue weighted by Gasteiger charge is 2.26. The van der Waals surface area contributed by atoms with Gasteiger partial charge in [-0.3, -0.25) is 19.3 Å². The summed E-state index contributed by atoms with van der Waals surface area (Å²) in [6.07, 6.45) is 0. The van der Waals surface area contributed by atoms with E-state index in [1.807, 2.05) is 0 Å². The van der Waals surface area contributed by atoms with E-state index in [2.05, 4.69) is 0 Å². The fourth-order valence-corrected chi connectivity index (χ4v) is 2.76. The SMILES string of the molecule is O=C(O)CN(C(=O)CN1CSCC1=O)c1ccccc1. The average molecular weight is 294 g/mol. The molecule has 0 atom stereocenters. The van der Waals surface area contributed by atoms with Crippen molar-refractivity contribution in [1.82, 2.24) is 4.90 Å². The number of carboxylic acid groups (broad SMARTS) is 1. The van der Waals surface area contributed by atoms with E-state index in [-0.39, 0.29) is 12.5 Å². The number of carbonyl (C=O) groups excluding carboxylic acids is 2. The van der Waals surface area contributed by atoms with Gasteiger partial charge >= 0.3 is 5.97 Å². The maximum absolute atomic E-state index is 12.2. The largest absolute Gasteiger partial charge is 0.480 e. The first-order valence-electron chi connectivity index (χ1n) is 6.00. The quantitative estimate of drug-likeness (QED) is 0.862. The second kappa shape index (κ2) is 6.42. The third kappa shape index (κ3) is 3.51. The van der Waals surface area contributed by atoms with Gasteiger partial charge in [0, 0.05) is 5.69 Å². The van der Waals surface area contributed by atoms with Gasteiger partial charge in [0.2, 0.25) is 11.8 Å². The lowest BCUT2D eigenvalue weighted by Crippen LogP contribution is -2.43. The fraction of sp³-hybridized carbons (Fsp3) is 0.308. The third-order valence-electron chi connectivity index (χ3n) is 2.81. The Balaban J connectivity index is 2.12. The molecule has 0 radical (unpaired) electrons. The Bertz CT molecular complexity index is 520. The predicted molar refractivity (Wildman–Crippen MR) is 75.5 cm³/mol. The van der Waals surface area contributed by atoms with Crippen LogP contribution in [0.3, 0.4) is 0 Å². The highest BCUT2D eigenvalue weighted by molar-refractivity contribution is 8.00. The Hall–Kier alpha value is -2.02. The molecule has 0 saturated carbocycles. The van der Waals surface area contributed by atoms with Gasteiger partial charge in [-0.2, -0.15) is 0 Å². The van der Waals surface area contributed by atoms with E-state index in [1.165, 1.54) is 21.6 Å². The van der Waals surface area contributed by atoms with Gasteiger partial charge in [-0.25, -0.2) is 0 Å². The van der Waals surface area contributed by atoms with Gasteiger partial charge in [-0.1, -0.05) is 18.2 Å². The molecule has 0 aliphatic carbocycles. The van der Waals surface area contributed by atoms with Crippen molar-refractivity contribution in [3.63, 3.8) is 0 Å². The van der Waals surface area contributed by atoms with Gasteiger partial charge in [0.15, 0.2) is 0 Å². The van der Waals surface area contributed by atoms with E-state index in [1.54, 1.807) is 30.3 Å². The monoisotopic (exact) mass is 294 g/mol. The molecule has 20 heavy (non-hydrogen) atoms. The summed E-state index contributed by atoms with van der Waals surface area (Å²) in [5.41, 5.74) is 0.513. The van der Waals surface area contributed by atoms with Crippen LogP contribution in [0.4, 0.5) is 5.69 Å². The fourth-order valence-electron chi connectivity index (χ4n) is 1.86. The van der Waals surface area contributed by atoms with Crippen molar-refractivity contribution >= 4 is 35.2 Å². The van der Waals surface area contributed by atoms with Crippen molar-refractivity contribution in [2.45, 2.75) is 0 Å². The van der Waals surface area contributed by atoms with Crippen LogP contribution in [-0.4, -0.2) is 52.5 Å². The number of rotatable bonds is 5. The van der Waals surface area contributed by atoms with Gasteiger partial charge < -0.3 is 10.0 Å². The standard InChI is InChI=1S/C13H14N2O4S/c16-11(6-14-9-20-8-12(14)17)15(7-13(18)19)10-4-2-1-3-5-10/h1-5H,6-9H2,(H,18,19). The average Bonchev–Trinajstić information content (AvgIpc) is 2.82. The van der Waals surface area contributed by atoms with Crippen molar-refractivity contribution in [3.05, 3.63) is 30.3 Å². The summed E-state index contributed by atoms with van der Waals surface area (Å²) in [5, 5.41) is 8.93. The summed E-state index contributed by atoms with van der Waals surface area (Å²) in [6, 6.07) is 8.58. The zero-order chi connectivity index (χ0) is 14.5.